The van der Waals surface area contributed by atoms with E-state index in [4.69, 9.17) is 0 Å². The SMILES string of the molecule is c1ccc2nc(N3CCC3)ncc2c1. The standard InChI is InChI=1S/C11H11N3/c1-2-5-10-9(4-1)8-12-11(13-10)14-6-3-7-14/h1-2,4-5,8H,3,6-7H2. The van der Waals surface area contributed by atoms with Gasteiger partial charge in [-0.25, -0.2) is 9.97 Å². The molecule has 1 aliphatic rings. The summed E-state index contributed by atoms with van der Waals surface area (Å²) < 4.78 is 0. The fraction of sp³-hybridized carbons (Fsp3) is 0.273. The van der Waals surface area contributed by atoms with Crippen LogP contribution in [0, 0.1) is 0 Å². The molecule has 1 aliphatic heterocycles. The minimum absolute atomic E-state index is 0.870. The normalized spacial score (nSPS) is 15.6. The van der Waals surface area contributed by atoms with Crippen molar-refractivity contribution in [2.75, 3.05) is 18.0 Å². The van der Waals surface area contributed by atoms with Crippen molar-refractivity contribution in [2.24, 2.45) is 0 Å². The molecule has 0 saturated carbocycles. The van der Waals surface area contributed by atoms with Gasteiger partial charge in [-0.2, -0.15) is 0 Å². The Kier molecular flexibility index (Phi) is 1.63. The van der Waals surface area contributed by atoms with E-state index in [1.165, 1.54) is 6.42 Å². The summed E-state index contributed by atoms with van der Waals surface area (Å²) in [6.07, 6.45) is 3.16. The molecular weight excluding hydrogens is 174 g/mol. The molecule has 0 radical (unpaired) electrons. The Hall–Kier alpha value is -1.64. The second kappa shape index (κ2) is 2.94. The average molecular weight is 185 g/mol. The Morgan fingerprint density at radius 1 is 1.14 bits per heavy atom. The van der Waals surface area contributed by atoms with Gasteiger partial charge >= 0.3 is 0 Å². The lowest BCUT2D eigenvalue weighted by Gasteiger charge is -2.30. The van der Waals surface area contributed by atoms with Crippen molar-refractivity contribution in [2.45, 2.75) is 6.42 Å². The zero-order valence-electron chi connectivity index (χ0n) is 7.85. The predicted octanol–water partition coefficient (Wildman–Crippen LogP) is 1.84. The monoisotopic (exact) mass is 185 g/mol. The van der Waals surface area contributed by atoms with E-state index in [9.17, 15) is 0 Å². The van der Waals surface area contributed by atoms with Crippen LogP contribution in [0.5, 0.6) is 0 Å². The topological polar surface area (TPSA) is 29.0 Å². The van der Waals surface area contributed by atoms with Crippen molar-refractivity contribution < 1.29 is 0 Å². The second-order valence-electron chi connectivity index (χ2n) is 3.57. The van der Waals surface area contributed by atoms with Crippen molar-refractivity contribution in [3.05, 3.63) is 30.5 Å². The molecule has 2 aromatic rings. The number of benzene rings is 1. The molecule has 3 heteroatoms. The molecule has 0 unspecified atom stereocenters. The lowest BCUT2D eigenvalue weighted by atomic mass is 10.2. The Morgan fingerprint density at radius 3 is 2.79 bits per heavy atom. The highest BCUT2D eigenvalue weighted by Gasteiger charge is 2.16. The third kappa shape index (κ3) is 1.13. The van der Waals surface area contributed by atoms with Crippen LogP contribution in [0.3, 0.4) is 0 Å². The maximum Gasteiger partial charge on any atom is 0.225 e. The van der Waals surface area contributed by atoms with Crippen LogP contribution in [0.1, 0.15) is 6.42 Å². The Labute approximate surface area is 82.4 Å². The van der Waals surface area contributed by atoms with Gasteiger partial charge in [0.15, 0.2) is 0 Å². The summed E-state index contributed by atoms with van der Waals surface area (Å²) in [5, 5.41) is 1.11. The molecule has 3 rings (SSSR count). The summed E-state index contributed by atoms with van der Waals surface area (Å²) in [7, 11) is 0. The van der Waals surface area contributed by atoms with E-state index in [0.29, 0.717) is 0 Å². The van der Waals surface area contributed by atoms with Gasteiger partial charge < -0.3 is 4.90 Å². The number of fused-ring (bicyclic) bond motifs is 1. The van der Waals surface area contributed by atoms with Gasteiger partial charge in [-0.05, 0) is 12.5 Å². The van der Waals surface area contributed by atoms with Gasteiger partial charge in [0.25, 0.3) is 0 Å². The summed E-state index contributed by atoms with van der Waals surface area (Å²) in [4.78, 5) is 11.1. The first-order valence-electron chi connectivity index (χ1n) is 4.90. The molecule has 1 saturated heterocycles. The Bertz CT molecular complexity index is 463. The van der Waals surface area contributed by atoms with Crippen molar-refractivity contribution >= 4 is 16.9 Å². The summed E-state index contributed by atoms with van der Waals surface area (Å²) in [6.45, 7) is 2.19. The predicted molar refractivity (Wildman–Crippen MR) is 56.4 cm³/mol. The van der Waals surface area contributed by atoms with Gasteiger partial charge in [0.05, 0.1) is 5.52 Å². The van der Waals surface area contributed by atoms with E-state index in [2.05, 4.69) is 14.9 Å². The van der Waals surface area contributed by atoms with Crippen molar-refractivity contribution in [3.8, 4) is 0 Å². The van der Waals surface area contributed by atoms with E-state index in [0.717, 1.165) is 29.9 Å². The molecule has 0 atom stereocenters. The molecule has 70 valence electrons. The van der Waals surface area contributed by atoms with Crippen LogP contribution in [-0.4, -0.2) is 23.1 Å². The zero-order valence-corrected chi connectivity index (χ0v) is 7.85. The molecule has 1 aromatic heterocycles. The van der Waals surface area contributed by atoms with Crippen LogP contribution >= 0.6 is 0 Å². The van der Waals surface area contributed by atoms with Crippen LogP contribution in [0.25, 0.3) is 10.9 Å². The second-order valence-corrected chi connectivity index (χ2v) is 3.57. The fourth-order valence-corrected chi connectivity index (χ4v) is 1.63. The highest BCUT2D eigenvalue weighted by molar-refractivity contribution is 5.78. The van der Waals surface area contributed by atoms with Crippen molar-refractivity contribution in [3.63, 3.8) is 0 Å². The van der Waals surface area contributed by atoms with Crippen LogP contribution in [0.4, 0.5) is 5.95 Å². The van der Waals surface area contributed by atoms with Crippen molar-refractivity contribution in [1.29, 1.82) is 0 Å². The van der Waals surface area contributed by atoms with Gasteiger partial charge in [0.2, 0.25) is 5.95 Å². The highest BCUT2D eigenvalue weighted by Crippen LogP contribution is 2.18. The molecule has 0 spiro atoms. The summed E-state index contributed by atoms with van der Waals surface area (Å²) in [5.74, 6) is 0.870. The summed E-state index contributed by atoms with van der Waals surface area (Å²) in [5.41, 5.74) is 1.03. The molecule has 2 heterocycles. The smallest absolute Gasteiger partial charge is 0.225 e. The average Bonchev–Trinajstić information content (AvgIpc) is 2.15. The minimum Gasteiger partial charge on any atom is -0.341 e. The fourth-order valence-electron chi connectivity index (χ4n) is 1.63. The first kappa shape index (κ1) is 7.74. The third-order valence-electron chi connectivity index (χ3n) is 2.62. The van der Waals surface area contributed by atoms with E-state index in [1.807, 2.05) is 30.5 Å². The summed E-state index contributed by atoms with van der Waals surface area (Å²) >= 11 is 0. The molecule has 0 aliphatic carbocycles. The van der Waals surface area contributed by atoms with Gasteiger partial charge in [0, 0.05) is 24.7 Å². The molecular formula is C11H11N3. The maximum atomic E-state index is 4.51. The third-order valence-corrected chi connectivity index (χ3v) is 2.62. The van der Waals surface area contributed by atoms with Crippen LogP contribution < -0.4 is 4.90 Å². The van der Waals surface area contributed by atoms with E-state index in [1.54, 1.807) is 0 Å². The number of anilines is 1. The van der Waals surface area contributed by atoms with Gasteiger partial charge in [-0.3, -0.25) is 0 Å². The summed E-state index contributed by atoms with van der Waals surface area (Å²) in [6, 6.07) is 8.08. The molecule has 0 bridgehead atoms. The number of nitrogens with zero attached hydrogens (tertiary/aromatic N) is 3. The van der Waals surface area contributed by atoms with Crippen molar-refractivity contribution in [1.82, 2.24) is 9.97 Å². The highest BCUT2D eigenvalue weighted by atomic mass is 15.3. The number of rotatable bonds is 1. The molecule has 3 nitrogen and oxygen atoms in total. The first-order chi connectivity index (χ1) is 6.93. The van der Waals surface area contributed by atoms with E-state index >= 15 is 0 Å². The molecule has 14 heavy (non-hydrogen) atoms. The largest absolute Gasteiger partial charge is 0.341 e. The molecule has 1 aromatic carbocycles. The number of aromatic nitrogens is 2. The number of para-hydroxylation sites is 1. The maximum absolute atomic E-state index is 4.51. The van der Waals surface area contributed by atoms with E-state index < -0.39 is 0 Å². The lowest BCUT2D eigenvalue weighted by molar-refractivity contribution is 0.601. The van der Waals surface area contributed by atoms with Crippen LogP contribution in [0.2, 0.25) is 0 Å². The van der Waals surface area contributed by atoms with Gasteiger partial charge in [-0.1, -0.05) is 18.2 Å². The Balaban J connectivity index is 2.10. The van der Waals surface area contributed by atoms with E-state index in [-0.39, 0.29) is 0 Å². The first-order valence-corrected chi connectivity index (χ1v) is 4.90. The Morgan fingerprint density at radius 2 is 2.00 bits per heavy atom. The molecule has 1 fully saturated rings. The van der Waals surface area contributed by atoms with Crippen LogP contribution in [-0.2, 0) is 0 Å². The lowest BCUT2D eigenvalue weighted by Crippen LogP contribution is -2.38. The quantitative estimate of drug-likeness (QED) is 0.678. The minimum atomic E-state index is 0.870. The number of hydrogen-bond donors (Lipinski definition) is 0. The number of hydrogen-bond acceptors (Lipinski definition) is 3. The van der Waals surface area contributed by atoms with Gasteiger partial charge in [0.1, 0.15) is 0 Å². The molecule has 0 amide bonds. The van der Waals surface area contributed by atoms with Crippen LogP contribution in [0.15, 0.2) is 30.5 Å². The zero-order chi connectivity index (χ0) is 9.38. The van der Waals surface area contributed by atoms with Gasteiger partial charge in [-0.15, -0.1) is 0 Å². The molecule has 0 N–H and O–H groups in total.